The van der Waals surface area contributed by atoms with E-state index in [-0.39, 0.29) is 23.4 Å². The lowest BCUT2D eigenvalue weighted by Crippen LogP contribution is -2.53. The predicted molar refractivity (Wildman–Crippen MR) is 163 cm³/mol. The molecule has 0 aromatic heterocycles. The number of nitrogens with zero attached hydrogens (tertiary/aromatic N) is 2. The number of para-hydroxylation sites is 1. The highest BCUT2D eigenvalue weighted by Gasteiger charge is 2.34. The van der Waals surface area contributed by atoms with Crippen molar-refractivity contribution in [2.45, 2.75) is 64.1 Å². The molecule has 0 fully saturated rings. The van der Waals surface area contributed by atoms with Gasteiger partial charge in [-0.15, -0.1) is 0 Å². The Morgan fingerprint density at radius 2 is 1.54 bits per heavy atom. The van der Waals surface area contributed by atoms with Crippen LogP contribution in [0.3, 0.4) is 0 Å². The smallest absolute Gasteiger partial charge is 0.264 e. The summed E-state index contributed by atoms with van der Waals surface area (Å²) in [6, 6.07) is 20.7. The normalized spacial score (nSPS) is 12.7. The summed E-state index contributed by atoms with van der Waals surface area (Å²) in [4.78, 5) is 28.9. The molecule has 0 radical (unpaired) electrons. The molecule has 41 heavy (non-hydrogen) atoms. The van der Waals surface area contributed by atoms with Crippen molar-refractivity contribution in [1.82, 2.24) is 10.2 Å². The molecule has 0 spiro atoms. The van der Waals surface area contributed by atoms with Crippen molar-refractivity contribution in [3.05, 3.63) is 89.4 Å². The Balaban J connectivity index is 2.03. The summed E-state index contributed by atoms with van der Waals surface area (Å²) in [7, 11) is -4.17. The summed E-state index contributed by atoms with van der Waals surface area (Å²) >= 11 is 6.44. The summed E-state index contributed by atoms with van der Waals surface area (Å²) < 4.78 is 34.4. The number of halogens is 1. The molecule has 0 aliphatic heterocycles. The zero-order valence-corrected chi connectivity index (χ0v) is 25.5. The van der Waals surface area contributed by atoms with Gasteiger partial charge in [0.15, 0.2) is 0 Å². The van der Waals surface area contributed by atoms with Crippen molar-refractivity contribution in [2.24, 2.45) is 0 Å². The molecular formula is C31H38ClN3O5S. The van der Waals surface area contributed by atoms with Gasteiger partial charge in [0.1, 0.15) is 18.3 Å². The molecule has 3 aromatic rings. The summed E-state index contributed by atoms with van der Waals surface area (Å²) in [5, 5.41) is 3.41. The second-order valence-corrected chi connectivity index (χ2v) is 11.9. The van der Waals surface area contributed by atoms with Gasteiger partial charge in [-0.1, -0.05) is 61.8 Å². The summed E-state index contributed by atoms with van der Waals surface area (Å²) in [5.41, 5.74) is 0.975. The van der Waals surface area contributed by atoms with Gasteiger partial charge in [0.05, 0.1) is 17.2 Å². The van der Waals surface area contributed by atoms with Crippen LogP contribution in [0, 0.1) is 0 Å². The van der Waals surface area contributed by atoms with Crippen molar-refractivity contribution in [1.29, 1.82) is 0 Å². The molecule has 2 amide bonds. The van der Waals surface area contributed by atoms with Gasteiger partial charge in [0, 0.05) is 17.6 Å². The van der Waals surface area contributed by atoms with Crippen molar-refractivity contribution in [3.8, 4) is 5.75 Å². The molecule has 1 N–H and O–H groups in total. The first-order chi connectivity index (χ1) is 19.6. The zero-order chi connectivity index (χ0) is 30.0. The van der Waals surface area contributed by atoms with E-state index in [1.54, 1.807) is 66.7 Å². The molecule has 2 atom stereocenters. The third-order valence-electron chi connectivity index (χ3n) is 6.73. The van der Waals surface area contributed by atoms with Crippen LogP contribution in [0.25, 0.3) is 0 Å². The number of carbonyl (C=O) groups excluding carboxylic acids is 2. The second-order valence-electron chi connectivity index (χ2n) is 9.61. The summed E-state index contributed by atoms with van der Waals surface area (Å²) in [6.07, 6.45) is 1.05. The van der Waals surface area contributed by atoms with Crippen LogP contribution in [0.5, 0.6) is 5.75 Å². The highest BCUT2D eigenvalue weighted by molar-refractivity contribution is 7.92. The maximum Gasteiger partial charge on any atom is 0.264 e. The minimum atomic E-state index is -4.17. The molecule has 0 bridgehead atoms. The molecular weight excluding hydrogens is 562 g/mol. The van der Waals surface area contributed by atoms with E-state index in [0.717, 1.165) is 10.7 Å². The first-order valence-electron chi connectivity index (χ1n) is 13.8. The molecule has 0 aliphatic carbocycles. The minimum Gasteiger partial charge on any atom is -0.494 e. The van der Waals surface area contributed by atoms with E-state index in [4.69, 9.17) is 16.3 Å². The fourth-order valence-electron chi connectivity index (χ4n) is 4.30. The van der Waals surface area contributed by atoms with E-state index < -0.39 is 28.5 Å². The van der Waals surface area contributed by atoms with Gasteiger partial charge in [-0.25, -0.2) is 8.42 Å². The number of anilines is 1. The van der Waals surface area contributed by atoms with Crippen LogP contribution < -0.4 is 14.4 Å². The van der Waals surface area contributed by atoms with E-state index in [1.807, 2.05) is 27.7 Å². The Bertz CT molecular complexity index is 1400. The van der Waals surface area contributed by atoms with Crippen LogP contribution in [0.1, 0.15) is 46.1 Å². The van der Waals surface area contributed by atoms with Gasteiger partial charge in [-0.2, -0.15) is 0 Å². The van der Waals surface area contributed by atoms with E-state index in [2.05, 4.69) is 5.32 Å². The molecule has 3 aromatic carbocycles. The number of ether oxygens (including phenoxy) is 1. The first-order valence-corrected chi connectivity index (χ1v) is 15.6. The number of amides is 2. The fourth-order valence-corrected chi connectivity index (χ4v) is 5.91. The zero-order valence-electron chi connectivity index (χ0n) is 23.9. The van der Waals surface area contributed by atoms with Crippen LogP contribution >= 0.6 is 11.6 Å². The fraction of sp³-hybridized carbons (Fsp3) is 0.355. The van der Waals surface area contributed by atoms with Gasteiger partial charge >= 0.3 is 0 Å². The molecule has 3 rings (SSSR count). The van der Waals surface area contributed by atoms with Crippen LogP contribution in [0.2, 0.25) is 5.02 Å². The SMILES string of the molecule is CCOc1ccc(S(=O)(=O)N(CC(=O)N(Cc2ccccc2Cl)[C@@H](CC)C(=O)N[C@H](C)CC)c2ccccc2)cc1. The monoisotopic (exact) mass is 599 g/mol. The second kappa shape index (κ2) is 14.9. The maximum atomic E-state index is 14.1. The van der Waals surface area contributed by atoms with Crippen molar-refractivity contribution >= 4 is 39.1 Å². The third-order valence-corrected chi connectivity index (χ3v) is 8.89. The Hall–Kier alpha value is -3.56. The standard InChI is InChI=1S/C31H38ClN3O5S/c1-5-23(4)33-31(37)29(6-2)34(21-24-13-11-12-16-28(24)32)30(36)22-35(25-14-9-8-10-15-25)41(38,39)27-19-17-26(18-20-27)40-7-3/h8-20,23,29H,5-7,21-22H2,1-4H3,(H,33,37)/t23-,29+/m1/s1. The van der Waals surface area contributed by atoms with E-state index >= 15 is 0 Å². The van der Waals surface area contributed by atoms with Crippen LogP contribution in [-0.4, -0.2) is 50.4 Å². The van der Waals surface area contributed by atoms with Gasteiger partial charge in [-0.3, -0.25) is 13.9 Å². The molecule has 0 heterocycles. The highest BCUT2D eigenvalue weighted by Crippen LogP contribution is 2.27. The summed E-state index contributed by atoms with van der Waals surface area (Å²) in [5.74, 6) is -0.296. The average Bonchev–Trinajstić information content (AvgIpc) is 2.97. The van der Waals surface area contributed by atoms with Crippen molar-refractivity contribution in [3.63, 3.8) is 0 Å². The van der Waals surface area contributed by atoms with E-state index in [9.17, 15) is 18.0 Å². The number of sulfonamides is 1. The van der Waals surface area contributed by atoms with Crippen molar-refractivity contribution < 1.29 is 22.7 Å². The first kappa shape index (κ1) is 32.0. The molecule has 10 heteroatoms. The molecule has 220 valence electrons. The van der Waals surface area contributed by atoms with Crippen LogP contribution in [0.15, 0.2) is 83.8 Å². The van der Waals surface area contributed by atoms with E-state index in [0.29, 0.717) is 35.1 Å². The lowest BCUT2D eigenvalue weighted by molar-refractivity contribution is -0.140. The quantitative estimate of drug-likeness (QED) is 0.258. The van der Waals surface area contributed by atoms with Crippen LogP contribution in [0.4, 0.5) is 5.69 Å². The molecule has 8 nitrogen and oxygen atoms in total. The van der Waals surface area contributed by atoms with E-state index in [1.165, 1.54) is 17.0 Å². The number of hydrogen-bond acceptors (Lipinski definition) is 5. The molecule has 0 aliphatic rings. The van der Waals surface area contributed by atoms with Gasteiger partial charge < -0.3 is 15.0 Å². The number of rotatable bonds is 14. The summed E-state index contributed by atoms with van der Waals surface area (Å²) in [6.45, 7) is 7.48. The lowest BCUT2D eigenvalue weighted by Gasteiger charge is -2.34. The van der Waals surface area contributed by atoms with Gasteiger partial charge in [0.2, 0.25) is 11.8 Å². The van der Waals surface area contributed by atoms with Crippen molar-refractivity contribution in [2.75, 3.05) is 17.5 Å². The number of carbonyl (C=O) groups is 2. The maximum absolute atomic E-state index is 14.1. The largest absolute Gasteiger partial charge is 0.494 e. The Kier molecular flexibility index (Phi) is 11.6. The number of benzene rings is 3. The topological polar surface area (TPSA) is 96.0 Å². The van der Waals surface area contributed by atoms with Crippen LogP contribution in [-0.2, 0) is 26.2 Å². The molecule has 0 unspecified atom stereocenters. The molecule has 0 saturated carbocycles. The molecule has 0 saturated heterocycles. The average molecular weight is 600 g/mol. The third kappa shape index (κ3) is 8.24. The number of hydrogen-bond donors (Lipinski definition) is 1. The Morgan fingerprint density at radius 1 is 0.902 bits per heavy atom. The Labute approximate surface area is 248 Å². The highest BCUT2D eigenvalue weighted by atomic mass is 35.5. The van der Waals surface area contributed by atoms with Gasteiger partial charge in [0.25, 0.3) is 10.0 Å². The minimum absolute atomic E-state index is 0.0109. The van der Waals surface area contributed by atoms with Gasteiger partial charge in [-0.05, 0) is 74.7 Å². The predicted octanol–water partition coefficient (Wildman–Crippen LogP) is 5.66. The lowest BCUT2D eigenvalue weighted by atomic mass is 10.1. The Morgan fingerprint density at radius 3 is 2.12 bits per heavy atom. The number of nitrogens with one attached hydrogen (secondary N) is 1.